The SMILES string of the molecule is CC(C)(C)OC(=O)N[C@H]1Cc2ccc(cc2)Oc2ccc(cc2NC(=O)c2ccccn2)C(=O)CNC(=O)[C@@H](Cc2ccccc2)NC1=O. The molecule has 2 atom stereocenters. The summed E-state index contributed by atoms with van der Waals surface area (Å²) in [7, 11) is 0. The molecule has 0 saturated carbocycles. The van der Waals surface area contributed by atoms with Crippen molar-refractivity contribution in [3.8, 4) is 11.5 Å². The van der Waals surface area contributed by atoms with Crippen LogP contribution < -0.4 is 26.0 Å². The lowest BCUT2D eigenvalue weighted by atomic mass is 10.0. The third-order valence-corrected chi connectivity index (χ3v) is 7.38. The number of Topliss-reactive ketones (excluding diaryl/α,β-unsaturated/α-hetero) is 1. The molecule has 252 valence electrons. The Hall–Kier alpha value is -6.04. The van der Waals surface area contributed by atoms with E-state index in [1.807, 2.05) is 30.3 Å². The van der Waals surface area contributed by atoms with E-state index in [0.29, 0.717) is 11.3 Å². The molecule has 0 aliphatic carbocycles. The number of amides is 4. The van der Waals surface area contributed by atoms with Gasteiger partial charge in [-0.25, -0.2) is 4.79 Å². The van der Waals surface area contributed by atoms with E-state index in [2.05, 4.69) is 26.3 Å². The Labute approximate surface area is 283 Å². The van der Waals surface area contributed by atoms with Crippen molar-refractivity contribution in [2.24, 2.45) is 0 Å². The molecule has 4 aromatic rings. The number of aromatic nitrogens is 1. The lowest BCUT2D eigenvalue weighted by molar-refractivity contribution is -0.129. The van der Waals surface area contributed by atoms with Crippen LogP contribution in [0.4, 0.5) is 10.5 Å². The van der Waals surface area contributed by atoms with Crippen LogP contribution in [0.2, 0.25) is 0 Å². The number of nitrogens with one attached hydrogen (secondary N) is 4. The van der Waals surface area contributed by atoms with Crippen molar-refractivity contribution >= 4 is 35.3 Å². The molecular formula is C37H37N5O7. The predicted octanol–water partition coefficient (Wildman–Crippen LogP) is 4.60. The highest BCUT2D eigenvalue weighted by Crippen LogP contribution is 2.31. The average Bonchev–Trinajstić information content (AvgIpc) is 3.07. The molecule has 4 bridgehead atoms. The molecule has 4 amide bonds. The molecular weight excluding hydrogens is 626 g/mol. The number of rotatable bonds is 5. The first-order chi connectivity index (χ1) is 23.4. The van der Waals surface area contributed by atoms with Crippen LogP contribution in [0.15, 0.2) is 97.2 Å². The molecule has 12 nitrogen and oxygen atoms in total. The Kier molecular flexibility index (Phi) is 10.7. The molecule has 4 heterocycles. The fourth-order valence-corrected chi connectivity index (χ4v) is 5.01. The molecule has 0 spiro atoms. The zero-order valence-corrected chi connectivity index (χ0v) is 27.3. The molecule has 1 aromatic heterocycles. The molecule has 0 fully saturated rings. The minimum absolute atomic E-state index is 0.0591. The first-order valence-electron chi connectivity index (χ1n) is 15.7. The predicted molar refractivity (Wildman–Crippen MR) is 181 cm³/mol. The van der Waals surface area contributed by atoms with Crippen LogP contribution in [-0.2, 0) is 27.2 Å². The summed E-state index contributed by atoms with van der Waals surface area (Å²) in [6, 6.07) is 23.2. The molecule has 0 saturated heterocycles. The Bertz CT molecular complexity index is 1820. The zero-order chi connectivity index (χ0) is 35.0. The molecule has 3 aliphatic rings. The van der Waals surface area contributed by atoms with Crippen molar-refractivity contribution in [2.75, 3.05) is 11.9 Å². The summed E-state index contributed by atoms with van der Waals surface area (Å²) in [5, 5.41) is 10.8. The number of carbonyl (C=O) groups excluding carboxylic acids is 5. The normalized spacial score (nSPS) is 16.8. The number of fused-ring (bicyclic) bond motifs is 2. The van der Waals surface area contributed by atoms with E-state index in [9.17, 15) is 24.0 Å². The van der Waals surface area contributed by atoms with E-state index < -0.39 is 53.8 Å². The number of nitrogens with zero attached hydrogens (tertiary/aromatic N) is 1. The Morgan fingerprint density at radius 3 is 2.35 bits per heavy atom. The number of anilines is 1. The number of ether oxygens (including phenoxy) is 2. The maximum absolute atomic E-state index is 13.7. The first-order valence-corrected chi connectivity index (χ1v) is 15.7. The van der Waals surface area contributed by atoms with Crippen LogP contribution in [0.5, 0.6) is 11.5 Å². The second kappa shape index (κ2) is 15.2. The molecule has 0 unspecified atom stereocenters. The van der Waals surface area contributed by atoms with E-state index in [1.54, 1.807) is 69.3 Å². The zero-order valence-electron chi connectivity index (χ0n) is 27.3. The highest BCUT2D eigenvalue weighted by Gasteiger charge is 2.29. The second-order valence-corrected chi connectivity index (χ2v) is 12.4. The fourth-order valence-electron chi connectivity index (χ4n) is 5.01. The fraction of sp³-hybridized carbons (Fsp3) is 0.243. The summed E-state index contributed by atoms with van der Waals surface area (Å²) in [5.74, 6) is -1.51. The van der Waals surface area contributed by atoms with Gasteiger partial charge in [-0.05, 0) is 74.4 Å². The highest BCUT2D eigenvalue weighted by atomic mass is 16.6. The van der Waals surface area contributed by atoms with Gasteiger partial charge in [0.15, 0.2) is 11.5 Å². The van der Waals surface area contributed by atoms with Gasteiger partial charge in [-0.2, -0.15) is 0 Å². The van der Waals surface area contributed by atoms with E-state index in [0.717, 1.165) is 5.56 Å². The molecule has 3 aliphatic heterocycles. The summed E-state index contributed by atoms with van der Waals surface area (Å²) in [4.78, 5) is 70.6. The van der Waals surface area contributed by atoms with Gasteiger partial charge in [0.2, 0.25) is 11.8 Å². The molecule has 49 heavy (non-hydrogen) atoms. The van der Waals surface area contributed by atoms with Gasteiger partial charge >= 0.3 is 6.09 Å². The standard InChI is InChI=1S/C37H37N5O7/c1-37(2,3)49-36(47)42-30-20-24-12-15-26(16-13-24)48-32-17-14-25(21-28(32)40-34(45)27-11-7-8-18-38-27)31(43)22-39-33(44)29(41-35(30)46)19-23-9-5-4-6-10-23/h4-18,21,29-30H,19-20,22H2,1-3H3,(H,39,44)(H,40,45)(H,41,46)(H,42,47)/t29-,30+/m1/s1. The van der Waals surface area contributed by atoms with Crippen molar-refractivity contribution in [1.82, 2.24) is 20.9 Å². The van der Waals surface area contributed by atoms with Crippen molar-refractivity contribution < 1.29 is 33.4 Å². The summed E-state index contributed by atoms with van der Waals surface area (Å²) < 4.78 is 11.5. The molecule has 4 N–H and O–H groups in total. The Balaban J connectivity index is 1.50. The lowest BCUT2D eigenvalue weighted by Gasteiger charge is -2.25. The van der Waals surface area contributed by atoms with E-state index >= 15 is 0 Å². The molecule has 12 heteroatoms. The van der Waals surface area contributed by atoms with Crippen LogP contribution in [0.3, 0.4) is 0 Å². The van der Waals surface area contributed by atoms with Gasteiger partial charge in [-0.15, -0.1) is 0 Å². The first kappa shape index (κ1) is 34.3. The molecule has 3 aromatic carbocycles. The lowest BCUT2D eigenvalue weighted by Crippen LogP contribution is -2.55. The van der Waals surface area contributed by atoms with Crippen molar-refractivity contribution in [3.63, 3.8) is 0 Å². The van der Waals surface area contributed by atoms with Gasteiger partial charge in [0.05, 0.1) is 12.2 Å². The summed E-state index contributed by atoms with van der Waals surface area (Å²) in [5.41, 5.74) is 1.22. The maximum Gasteiger partial charge on any atom is 0.408 e. The van der Waals surface area contributed by atoms with E-state index in [-0.39, 0.29) is 35.5 Å². The molecule has 0 radical (unpaired) electrons. The van der Waals surface area contributed by atoms with Crippen LogP contribution in [0.1, 0.15) is 52.7 Å². The largest absolute Gasteiger partial charge is 0.455 e. The number of pyridine rings is 1. The van der Waals surface area contributed by atoms with Gasteiger partial charge < -0.3 is 30.7 Å². The summed E-state index contributed by atoms with van der Waals surface area (Å²) in [6.45, 7) is 4.73. The average molecular weight is 664 g/mol. The number of ketones is 1. The van der Waals surface area contributed by atoms with E-state index in [4.69, 9.17) is 9.47 Å². The Morgan fingerprint density at radius 2 is 1.65 bits per heavy atom. The quantitative estimate of drug-likeness (QED) is 0.241. The van der Waals surface area contributed by atoms with Gasteiger partial charge in [0.1, 0.15) is 29.1 Å². The Morgan fingerprint density at radius 1 is 0.918 bits per heavy atom. The second-order valence-electron chi connectivity index (χ2n) is 12.4. The monoisotopic (exact) mass is 663 g/mol. The number of hydrogen-bond acceptors (Lipinski definition) is 8. The van der Waals surface area contributed by atoms with E-state index in [1.165, 1.54) is 18.3 Å². The van der Waals surface area contributed by atoms with Crippen molar-refractivity contribution in [1.29, 1.82) is 0 Å². The topological polar surface area (TPSA) is 165 Å². The van der Waals surface area contributed by atoms with Crippen LogP contribution in [0.25, 0.3) is 0 Å². The van der Waals surface area contributed by atoms with Gasteiger partial charge in [0.25, 0.3) is 5.91 Å². The highest BCUT2D eigenvalue weighted by molar-refractivity contribution is 6.06. The molecule has 7 rings (SSSR count). The van der Waals surface area contributed by atoms with Crippen LogP contribution in [0, 0.1) is 0 Å². The van der Waals surface area contributed by atoms with Crippen LogP contribution in [-0.4, -0.2) is 58.8 Å². The van der Waals surface area contributed by atoms with Gasteiger partial charge in [-0.3, -0.25) is 24.2 Å². The minimum atomic E-state index is -1.12. The van der Waals surface area contributed by atoms with Crippen molar-refractivity contribution in [3.05, 3.63) is 120 Å². The van der Waals surface area contributed by atoms with Crippen LogP contribution >= 0.6 is 0 Å². The number of benzene rings is 3. The summed E-state index contributed by atoms with van der Waals surface area (Å²) >= 11 is 0. The minimum Gasteiger partial charge on any atom is -0.455 e. The van der Waals surface area contributed by atoms with Gasteiger partial charge in [0, 0.05) is 24.6 Å². The smallest absolute Gasteiger partial charge is 0.408 e. The number of carbonyl (C=O) groups is 5. The maximum atomic E-state index is 13.7. The van der Waals surface area contributed by atoms with Crippen molar-refractivity contribution in [2.45, 2.75) is 51.3 Å². The third kappa shape index (κ3) is 9.74. The number of alkyl carbamates (subject to hydrolysis) is 1. The summed E-state index contributed by atoms with van der Waals surface area (Å²) in [6.07, 6.45) is 0.874. The number of hydrogen-bond donors (Lipinski definition) is 4. The van der Waals surface area contributed by atoms with Gasteiger partial charge in [-0.1, -0.05) is 48.5 Å². The third-order valence-electron chi connectivity index (χ3n) is 7.38.